The second kappa shape index (κ2) is 6.41. The molecule has 2 unspecified atom stereocenters. The lowest BCUT2D eigenvalue weighted by Crippen LogP contribution is -2.47. The minimum Gasteiger partial charge on any atom is -0.484 e. The zero-order chi connectivity index (χ0) is 14.5. The molecule has 0 radical (unpaired) electrons. The van der Waals surface area contributed by atoms with E-state index >= 15 is 0 Å². The minimum atomic E-state index is -0.774. The molecule has 1 heterocycles. The Morgan fingerprint density at radius 2 is 2.05 bits per heavy atom. The molecule has 0 aromatic heterocycles. The minimum absolute atomic E-state index is 0.00785. The summed E-state index contributed by atoms with van der Waals surface area (Å²) in [5.74, 6) is -0.548. The van der Waals surface area contributed by atoms with E-state index in [0.717, 1.165) is 0 Å². The summed E-state index contributed by atoms with van der Waals surface area (Å²) in [4.78, 5) is 24.8. The van der Waals surface area contributed by atoms with E-state index in [1.807, 2.05) is 25.1 Å². The molecule has 2 rings (SSSR count). The fourth-order valence-corrected chi connectivity index (χ4v) is 2.51. The number of hydrogen-bond acceptors (Lipinski definition) is 3. The van der Waals surface area contributed by atoms with Crippen LogP contribution in [-0.4, -0.2) is 41.1 Å². The summed E-state index contributed by atoms with van der Waals surface area (Å²) in [7, 11) is 0. The topological polar surface area (TPSA) is 66.8 Å². The number of rotatable bonds is 4. The van der Waals surface area contributed by atoms with Gasteiger partial charge in [-0.3, -0.25) is 9.59 Å². The lowest BCUT2D eigenvalue weighted by Gasteiger charge is -2.36. The normalized spacial score (nSPS) is 22.4. The molecule has 1 aliphatic heterocycles. The fourth-order valence-electron chi connectivity index (χ4n) is 2.51. The fraction of sp³-hybridized carbons (Fsp3) is 0.467. The third kappa shape index (κ3) is 3.50. The van der Waals surface area contributed by atoms with Gasteiger partial charge in [0.15, 0.2) is 6.61 Å². The molecule has 0 bridgehead atoms. The Kier molecular flexibility index (Phi) is 4.61. The van der Waals surface area contributed by atoms with Crippen LogP contribution < -0.4 is 4.74 Å². The predicted molar refractivity (Wildman–Crippen MR) is 73.5 cm³/mol. The molecule has 0 saturated carbocycles. The van der Waals surface area contributed by atoms with Gasteiger partial charge >= 0.3 is 5.97 Å². The van der Waals surface area contributed by atoms with Crippen molar-refractivity contribution in [2.75, 3.05) is 13.2 Å². The summed E-state index contributed by atoms with van der Waals surface area (Å²) in [5, 5.41) is 9.00. The van der Waals surface area contributed by atoms with Crippen molar-refractivity contribution >= 4 is 11.9 Å². The molecular weight excluding hydrogens is 258 g/mol. The maximum absolute atomic E-state index is 12.1. The van der Waals surface area contributed by atoms with Gasteiger partial charge in [0.2, 0.25) is 0 Å². The second-order valence-electron chi connectivity index (χ2n) is 5.10. The first kappa shape index (κ1) is 14.4. The van der Waals surface area contributed by atoms with Crippen LogP contribution in [0, 0.1) is 5.92 Å². The number of aliphatic carboxylic acids is 1. The molecule has 2 atom stereocenters. The molecule has 1 fully saturated rings. The summed E-state index contributed by atoms with van der Waals surface area (Å²) in [6.07, 6.45) is 1.02. The van der Waals surface area contributed by atoms with Crippen LogP contribution in [0.5, 0.6) is 5.75 Å². The van der Waals surface area contributed by atoms with E-state index in [0.29, 0.717) is 25.1 Å². The highest BCUT2D eigenvalue weighted by atomic mass is 16.5. The van der Waals surface area contributed by atoms with Gasteiger partial charge in [-0.1, -0.05) is 18.2 Å². The number of nitrogens with zero attached hydrogens (tertiary/aromatic N) is 1. The molecule has 108 valence electrons. The van der Waals surface area contributed by atoms with Crippen molar-refractivity contribution in [1.82, 2.24) is 4.90 Å². The number of hydrogen-bond donors (Lipinski definition) is 1. The van der Waals surface area contributed by atoms with Gasteiger partial charge in [-0.15, -0.1) is 0 Å². The number of carbonyl (C=O) groups excluding carboxylic acids is 1. The van der Waals surface area contributed by atoms with Crippen molar-refractivity contribution < 1.29 is 19.4 Å². The van der Waals surface area contributed by atoms with Crippen LogP contribution >= 0.6 is 0 Å². The Bertz CT molecular complexity index is 474. The monoisotopic (exact) mass is 277 g/mol. The molecule has 1 saturated heterocycles. The molecule has 5 nitrogen and oxygen atoms in total. The number of benzene rings is 1. The number of para-hydroxylation sites is 1. The number of carboxylic acids is 1. The Balaban J connectivity index is 1.85. The number of carboxylic acid groups (broad SMARTS) is 1. The van der Waals surface area contributed by atoms with Crippen molar-refractivity contribution in [3.05, 3.63) is 30.3 Å². The smallest absolute Gasteiger partial charge is 0.306 e. The molecule has 1 amide bonds. The molecule has 0 spiro atoms. The molecular formula is C15H19NO4. The SMILES string of the molecule is CC1CC(C(=O)O)CCN1C(=O)COc1ccccc1. The van der Waals surface area contributed by atoms with Crippen LogP contribution in [0.3, 0.4) is 0 Å². The van der Waals surface area contributed by atoms with E-state index in [4.69, 9.17) is 9.84 Å². The number of piperidine rings is 1. The zero-order valence-electron chi connectivity index (χ0n) is 11.5. The van der Waals surface area contributed by atoms with Crippen LogP contribution in [0.15, 0.2) is 30.3 Å². The van der Waals surface area contributed by atoms with Gasteiger partial charge in [-0.05, 0) is 31.9 Å². The summed E-state index contributed by atoms with van der Waals surface area (Å²) in [6.45, 7) is 2.36. The number of ether oxygens (including phenoxy) is 1. The van der Waals surface area contributed by atoms with Crippen LogP contribution in [-0.2, 0) is 9.59 Å². The van der Waals surface area contributed by atoms with Gasteiger partial charge in [0.25, 0.3) is 5.91 Å². The first-order valence-corrected chi connectivity index (χ1v) is 6.78. The molecule has 1 aromatic rings. The average Bonchev–Trinajstić information content (AvgIpc) is 2.45. The Morgan fingerprint density at radius 3 is 2.65 bits per heavy atom. The van der Waals surface area contributed by atoms with Crippen molar-refractivity contribution in [3.8, 4) is 5.75 Å². The summed E-state index contributed by atoms with van der Waals surface area (Å²) < 4.78 is 5.44. The van der Waals surface area contributed by atoms with E-state index in [1.54, 1.807) is 17.0 Å². The highest BCUT2D eigenvalue weighted by Crippen LogP contribution is 2.23. The Labute approximate surface area is 118 Å². The van der Waals surface area contributed by atoms with Gasteiger partial charge in [0, 0.05) is 12.6 Å². The lowest BCUT2D eigenvalue weighted by atomic mass is 9.92. The van der Waals surface area contributed by atoms with Crippen molar-refractivity contribution in [2.45, 2.75) is 25.8 Å². The van der Waals surface area contributed by atoms with E-state index < -0.39 is 5.97 Å². The highest BCUT2D eigenvalue weighted by Gasteiger charge is 2.32. The summed E-state index contributed by atoms with van der Waals surface area (Å²) >= 11 is 0. The van der Waals surface area contributed by atoms with Crippen LogP contribution in [0.1, 0.15) is 19.8 Å². The third-order valence-electron chi connectivity index (χ3n) is 3.65. The largest absolute Gasteiger partial charge is 0.484 e. The molecule has 1 aliphatic rings. The molecule has 20 heavy (non-hydrogen) atoms. The summed E-state index contributed by atoms with van der Waals surface area (Å²) in [5.41, 5.74) is 0. The number of carbonyl (C=O) groups is 2. The number of amides is 1. The van der Waals surface area contributed by atoms with Crippen molar-refractivity contribution in [2.24, 2.45) is 5.92 Å². The first-order chi connectivity index (χ1) is 9.58. The maximum Gasteiger partial charge on any atom is 0.306 e. The quantitative estimate of drug-likeness (QED) is 0.911. The highest BCUT2D eigenvalue weighted by molar-refractivity contribution is 5.78. The molecule has 0 aliphatic carbocycles. The van der Waals surface area contributed by atoms with E-state index in [2.05, 4.69) is 0 Å². The van der Waals surface area contributed by atoms with Gasteiger partial charge in [0.05, 0.1) is 5.92 Å². The second-order valence-corrected chi connectivity index (χ2v) is 5.10. The molecule has 1 N–H and O–H groups in total. The van der Waals surface area contributed by atoms with Gasteiger partial charge in [-0.2, -0.15) is 0 Å². The van der Waals surface area contributed by atoms with E-state index in [1.165, 1.54) is 0 Å². The standard InChI is InChI=1S/C15H19NO4/c1-11-9-12(15(18)19)7-8-16(11)14(17)10-20-13-5-3-2-4-6-13/h2-6,11-12H,7-10H2,1H3,(H,18,19). The molecule has 5 heteroatoms. The lowest BCUT2D eigenvalue weighted by molar-refractivity contribution is -0.148. The van der Waals surface area contributed by atoms with E-state index in [9.17, 15) is 9.59 Å². The van der Waals surface area contributed by atoms with Crippen LogP contribution in [0.25, 0.3) is 0 Å². The Hall–Kier alpha value is -2.04. The third-order valence-corrected chi connectivity index (χ3v) is 3.65. The Morgan fingerprint density at radius 1 is 1.35 bits per heavy atom. The zero-order valence-corrected chi connectivity index (χ0v) is 11.5. The van der Waals surface area contributed by atoms with Crippen LogP contribution in [0.4, 0.5) is 0 Å². The van der Waals surface area contributed by atoms with Crippen molar-refractivity contribution in [3.63, 3.8) is 0 Å². The van der Waals surface area contributed by atoms with Crippen molar-refractivity contribution in [1.29, 1.82) is 0 Å². The van der Waals surface area contributed by atoms with Gasteiger partial charge < -0.3 is 14.7 Å². The average molecular weight is 277 g/mol. The van der Waals surface area contributed by atoms with E-state index in [-0.39, 0.29) is 24.5 Å². The number of likely N-dealkylation sites (tertiary alicyclic amines) is 1. The maximum atomic E-state index is 12.1. The predicted octanol–water partition coefficient (Wildman–Crippen LogP) is 1.78. The van der Waals surface area contributed by atoms with Crippen LogP contribution in [0.2, 0.25) is 0 Å². The first-order valence-electron chi connectivity index (χ1n) is 6.78. The van der Waals surface area contributed by atoms with Gasteiger partial charge in [-0.25, -0.2) is 0 Å². The van der Waals surface area contributed by atoms with Gasteiger partial charge in [0.1, 0.15) is 5.75 Å². The summed E-state index contributed by atoms with van der Waals surface area (Å²) in [6, 6.07) is 9.12. The molecule has 1 aromatic carbocycles.